The van der Waals surface area contributed by atoms with Gasteiger partial charge in [0.05, 0.1) is 0 Å². The van der Waals surface area contributed by atoms with Crippen LogP contribution in [0.15, 0.2) is 12.1 Å². The summed E-state index contributed by atoms with van der Waals surface area (Å²) < 4.78 is 32.5. The van der Waals surface area contributed by atoms with Crippen molar-refractivity contribution in [3.8, 4) is 18.1 Å². The summed E-state index contributed by atoms with van der Waals surface area (Å²) >= 11 is 0. The summed E-state index contributed by atoms with van der Waals surface area (Å²) in [5.41, 5.74) is -0.164. The summed E-state index contributed by atoms with van der Waals surface area (Å²) in [6, 6.07) is 1.48. The zero-order valence-corrected chi connectivity index (χ0v) is 12.5. The van der Waals surface area contributed by atoms with E-state index < -0.39 is 23.3 Å². The molecule has 0 radical (unpaired) electrons. The van der Waals surface area contributed by atoms with Gasteiger partial charge in [-0.05, 0) is 25.0 Å². The van der Waals surface area contributed by atoms with Crippen molar-refractivity contribution in [2.45, 2.75) is 31.7 Å². The van der Waals surface area contributed by atoms with E-state index in [1.165, 1.54) is 0 Å². The van der Waals surface area contributed by atoms with Crippen molar-refractivity contribution in [2.24, 2.45) is 5.92 Å². The van der Waals surface area contributed by atoms with Crippen LogP contribution in [0.1, 0.15) is 36.0 Å². The molecule has 1 aliphatic rings. The van der Waals surface area contributed by atoms with Crippen molar-refractivity contribution in [1.29, 1.82) is 0 Å². The average Bonchev–Trinajstić information content (AvgIpc) is 2.54. The van der Waals surface area contributed by atoms with Crippen molar-refractivity contribution < 1.29 is 23.1 Å². The van der Waals surface area contributed by atoms with Gasteiger partial charge in [0, 0.05) is 17.5 Å². The first-order valence-corrected chi connectivity index (χ1v) is 7.38. The number of carbonyl (C=O) groups excluding carboxylic acids is 2. The van der Waals surface area contributed by atoms with E-state index in [9.17, 15) is 18.4 Å². The van der Waals surface area contributed by atoms with Crippen LogP contribution in [0.3, 0.4) is 0 Å². The smallest absolute Gasteiger partial charge is 0.251 e. The predicted octanol–water partition coefficient (Wildman–Crippen LogP) is 2.46. The van der Waals surface area contributed by atoms with Gasteiger partial charge in [-0.2, -0.15) is 0 Å². The van der Waals surface area contributed by atoms with E-state index in [0.29, 0.717) is 12.8 Å². The fourth-order valence-corrected chi connectivity index (χ4v) is 2.70. The predicted molar refractivity (Wildman–Crippen MR) is 80.0 cm³/mol. The van der Waals surface area contributed by atoms with Gasteiger partial charge in [0.2, 0.25) is 0 Å². The number of carbonyl (C=O) groups is 2. The summed E-state index contributed by atoms with van der Waals surface area (Å²) in [6.45, 7) is -0.275. The molecule has 0 bridgehead atoms. The molecular weight excluding hydrogens is 304 g/mol. The number of amides is 1. The number of rotatable bonds is 5. The van der Waals surface area contributed by atoms with E-state index >= 15 is 0 Å². The topological polar surface area (TPSA) is 55.4 Å². The van der Waals surface area contributed by atoms with Crippen LogP contribution in [-0.2, 0) is 4.79 Å². The Bertz CT molecular complexity index is 616. The van der Waals surface area contributed by atoms with Crippen molar-refractivity contribution in [3.63, 3.8) is 0 Å². The lowest BCUT2D eigenvalue weighted by Gasteiger charge is -2.28. The maximum atomic E-state index is 13.8. The molecule has 1 aromatic rings. The van der Waals surface area contributed by atoms with Crippen LogP contribution >= 0.6 is 0 Å². The summed E-state index contributed by atoms with van der Waals surface area (Å²) in [6.07, 6.45) is 9.00. The van der Waals surface area contributed by atoms with E-state index in [0.717, 1.165) is 31.3 Å². The standard InChI is InChI=1S/C17H17F2NO3/c1-2-7-23-16-13(18)8-12(9-14(16)19)17(22)20-15-6-4-3-5-11(15)10-21/h1,8-11,15H,3-7H2,(H,20,22). The highest BCUT2D eigenvalue weighted by atomic mass is 19.1. The Morgan fingerprint density at radius 1 is 1.35 bits per heavy atom. The summed E-state index contributed by atoms with van der Waals surface area (Å²) in [4.78, 5) is 23.2. The Labute approximate surface area is 133 Å². The summed E-state index contributed by atoms with van der Waals surface area (Å²) in [5.74, 6) is -1.38. The van der Waals surface area contributed by atoms with E-state index in [1.807, 2.05) is 0 Å². The fraction of sp³-hybridized carbons (Fsp3) is 0.412. The SMILES string of the molecule is C#CCOc1c(F)cc(C(=O)NC2CCCCC2C=O)cc1F. The van der Waals surface area contributed by atoms with Crippen LogP contribution in [-0.4, -0.2) is 24.8 Å². The third-order valence-corrected chi connectivity index (χ3v) is 3.87. The fourth-order valence-electron chi connectivity index (χ4n) is 2.70. The van der Waals surface area contributed by atoms with Crippen LogP contribution in [0.2, 0.25) is 0 Å². The van der Waals surface area contributed by atoms with Crippen LogP contribution in [0.5, 0.6) is 5.75 Å². The normalized spacial score (nSPS) is 20.4. The van der Waals surface area contributed by atoms with Crippen molar-refractivity contribution in [2.75, 3.05) is 6.61 Å². The lowest BCUT2D eigenvalue weighted by molar-refractivity contribution is -0.112. The Morgan fingerprint density at radius 3 is 2.61 bits per heavy atom. The molecule has 0 saturated heterocycles. The van der Waals surface area contributed by atoms with Gasteiger partial charge in [0.15, 0.2) is 17.4 Å². The number of hydrogen-bond acceptors (Lipinski definition) is 3. The number of ether oxygens (including phenoxy) is 1. The molecule has 2 rings (SSSR count). The summed E-state index contributed by atoms with van der Waals surface area (Å²) in [7, 11) is 0. The van der Waals surface area contributed by atoms with Gasteiger partial charge in [0.25, 0.3) is 5.91 Å². The monoisotopic (exact) mass is 321 g/mol. The minimum Gasteiger partial charge on any atom is -0.475 e. The largest absolute Gasteiger partial charge is 0.475 e. The van der Waals surface area contributed by atoms with Crippen molar-refractivity contribution in [3.05, 3.63) is 29.3 Å². The number of terminal acetylenes is 1. The molecule has 2 atom stereocenters. The highest BCUT2D eigenvalue weighted by Crippen LogP contribution is 2.25. The van der Waals surface area contributed by atoms with Gasteiger partial charge in [0.1, 0.15) is 12.9 Å². The van der Waals surface area contributed by atoms with Gasteiger partial charge in [-0.3, -0.25) is 4.79 Å². The minimum absolute atomic E-state index is 0.164. The molecule has 1 N–H and O–H groups in total. The van der Waals surface area contributed by atoms with Crippen LogP contribution in [0, 0.1) is 29.9 Å². The molecular formula is C17H17F2NO3. The van der Waals surface area contributed by atoms with Gasteiger partial charge < -0.3 is 14.8 Å². The Balaban J connectivity index is 2.13. The molecule has 2 unspecified atom stereocenters. The first-order chi connectivity index (χ1) is 11.1. The van der Waals surface area contributed by atoms with Gasteiger partial charge >= 0.3 is 0 Å². The Morgan fingerprint density at radius 2 is 2.00 bits per heavy atom. The number of benzene rings is 1. The maximum Gasteiger partial charge on any atom is 0.251 e. The van der Waals surface area contributed by atoms with Crippen LogP contribution < -0.4 is 10.1 Å². The third kappa shape index (κ3) is 4.07. The number of halogens is 2. The second-order valence-electron chi connectivity index (χ2n) is 5.43. The second kappa shape index (κ2) is 7.73. The van der Waals surface area contributed by atoms with Crippen molar-refractivity contribution in [1.82, 2.24) is 5.32 Å². The Hall–Kier alpha value is -2.42. The molecule has 4 nitrogen and oxygen atoms in total. The molecule has 0 spiro atoms. The molecule has 6 heteroatoms. The maximum absolute atomic E-state index is 13.8. The molecule has 1 saturated carbocycles. The van der Waals surface area contributed by atoms with Crippen LogP contribution in [0.4, 0.5) is 8.78 Å². The van der Waals surface area contributed by atoms with E-state index in [-0.39, 0.29) is 24.1 Å². The second-order valence-corrected chi connectivity index (χ2v) is 5.43. The molecule has 0 aromatic heterocycles. The molecule has 1 fully saturated rings. The molecule has 0 aliphatic heterocycles. The number of hydrogen-bond donors (Lipinski definition) is 1. The highest BCUT2D eigenvalue weighted by Gasteiger charge is 2.27. The first-order valence-electron chi connectivity index (χ1n) is 7.38. The lowest BCUT2D eigenvalue weighted by Crippen LogP contribution is -2.42. The Kier molecular flexibility index (Phi) is 5.69. The zero-order valence-electron chi connectivity index (χ0n) is 12.5. The number of aldehydes is 1. The third-order valence-electron chi connectivity index (χ3n) is 3.87. The van der Waals surface area contributed by atoms with E-state index in [1.54, 1.807) is 0 Å². The van der Waals surface area contributed by atoms with Crippen LogP contribution in [0.25, 0.3) is 0 Å². The summed E-state index contributed by atoms with van der Waals surface area (Å²) in [5, 5.41) is 2.68. The molecule has 0 heterocycles. The van der Waals surface area contributed by atoms with E-state index in [4.69, 9.17) is 11.2 Å². The molecule has 1 amide bonds. The highest BCUT2D eigenvalue weighted by molar-refractivity contribution is 5.94. The molecule has 23 heavy (non-hydrogen) atoms. The molecule has 1 aliphatic carbocycles. The quantitative estimate of drug-likeness (QED) is 0.669. The van der Waals surface area contributed by atoms with Crippen molar-refractivity contribution >= 4 is 12.2 Å². The minimum atomic E-state index is -0.999. The van der Waals surface area contributed by atoms with Gasteiger partial charge in [-0.1, -0.05) is 18.8 Å². The molecule has 1 aromatic carbocycles. The lowest BCUT2D eigenvalue weighted by atomic mass is 9.85. The first kappa shape index (κ1) is 16.9. The zero-order chi connectivity index (χ0) is 16.8. The molecule has 122 valence electrons. The number of nitrogens with one attached hydrogen (secondary N) is 1. The van der Waals surface area contributed by atoms with E-state index in [2.05, 4.69) is 11.2 Å². The average molecular weight is 321 g/mol. The van der Waals surface area contributed by atoms with Gasteiger partial charge in [-0.15, -0.1) is 6.42 Å². The van der Waals surface area contributed by atoms with Gasteiger partial charge in [-0.25, -0.2) is 8.78 Å².